The largest absolute Gasteiger partial charge is 0.480 e. The van der Waals surface area contributed by atoms with E-state index in [1.54, 1.807) is 6.92 Å². The minimum absolute atomic E-state index is 0.339. The number of hydrogen-bond donors (Lipinski definition) is 3. The maximum absolute atomic E-state index is 11.0. The summed E-state index contributed by atoms with van der Waals surface area (Å²) < 4.78 is 0. The second-order valence-electron chi connectivity index (χ2n) is 3.33. The molecular formula is C9H18N2O3. The average Bonchev–Trinajstić information content (AvgIpc) is 2.11. The third kappa shape index (κ3) is 3.24. The highest BCUT2D eigenvalue weighted by Crippen LogP contribution is 2.18. The summed E-state index contributed by atoms with van der Waals surface area (Å²) in [5, 5.41) is 11.3. The number of aliphatic carboxylic acids is 1. The van der Waals surface area contributed by atoms with Crippen LogP contribution < -0.4 is 11.1 Å². The Bertz CT molecular complexity index is 218. The van der Waals surface area contributed by atoms with E-state index in [9.17, 15) is 9.59 Å². The molecule has 0 aromatic carbocycles. The van der Waals surface area contributed by atoms with Crippen LogP contribution in [0.1, 0.15) is 39.5 Å². The van der Waals surface area contributed by atoms with Gasteiger partial charge in [0, 0.05) is 0 Å². The van der Waals surface area contributed by atoms with Gasteiger partial charge in [-0.25, -0.2) is 9.59 Å². The Morgan fingerprint density at radius 1 is 1.43 bits per heavy atom. The average molecular weight is 202 g/mol. The number of unbranched alkanes of at least 4 members (excludes halogenated alkanes) is 1. The van der Waals surface area contributed by atoms with Gasteiger partial charge in [0.1, 0.15) is 5.54 Å². The molecule has 5 nitrogen and oxygen atoms in total. The summed E-state index contributed by atoms with van der Waals surface area (Å²) in [6.45, 7) is 3.69. The van der Waals surface area contributed by atoms with E-state index in [0.717, 1.165) is 12.8 Å². The van der Waals surface area contributed by atoms with Crippen LogP contribution in [-0.4, -0.2) is 22.6 Å². The monoisotopic (exact) mass is 202 g/mol. The molecule has 0 aromatic rings. The lowest BCUT2D eigenvalue weighted by molar-refractivity contribution is -0.145. The first-order valence-electron chi connectivity index (χ1n) is 4.79. The Morgan fingerprint density at radius 2 is 2.00 bits per heavy atom. The summed E-state index contributed by atoms with van der Waals surface area (Å²) in [6, 6.07) is -0.787. The molecule has 0 saturated carbocycles. The molecule has 5 heteroatoms. The van der Waals surface area contributed by atoms with Crippen LogP contribution in [0.25, 0.3) is 0 Å². The third-order valence-corrected chi connectivity index (χ3v) is 2.33. The molecule has 1 unspecified atom stereocenters. The van der Waals surface area contributed by atoms with Gasteiger partial charge in [0.25, 0.3) is 0 Å². The fourth-order valence-electron chi connectivity index (χ4n) is 1.35. The normalized spacial score (nSPS) is 14.4. The predicted octanol–water partition coefficient (Wildman–Crippen LogP) is 1.08. The Kier molecular flexibility index (Phi) is 4.97. The molecule has 0 rings (SSSR count). The first kappa shape index (κ1) is 12.7. The molecule has 1 atom stereocenters. The molecule has 2 amide bonds. The summed E-state index contributed by atoms with van der Waals surface area (Å²) >= 11 is 0. The number of carbonyl (C=O) groups excluding carboxylic acids is 1. The molecule has 0 heterocycles. The quantitative estimate of drug-likeness (QED) is 0.601. The van der Waals surface area contributed by atoms with Gasteiger partial charge in [-0.1, -0.05) is 26.7 Å². The van der Waals surface area contributed by atoms with Crippen LogP contribution in [0.4, 0.5) is 4.79 Å². The highest BCUT2D eigenvalue weighted by molar-refractivity contribution is 5.85. The summed E-state index contributed by atoms with van der Waals surface area (Å²) in [5.74, 6) is -1.02. The molecule has 82 valence electrons. The fraction of sp³-hybridized carbons (Fsp3) is 0.778. The van der Waals surface area contributed by atoms with E-state index in [2.05, 4.69) is 5.32 Å². The van der Waals surface area contributed by atoms with Crippen molar-refractivity contribution in [1.82, 2.24) is 5.32 Å². The molecule has 0 aliphatic rings. The zero-order chi connectivity index (χ0) is 11.2. The zero-order valence-electron chi connectivity index (χ0n) is 8.67. The molecular weight excluding hydrogens is 184 g/mol. The number of nitrogens with two attached hydrogens (primary N) is 1. The van der Waals surface area contributed by atoms with Crippen LogP contribution >= 0.6 is 0 Å². The van der Waals surface area contributed by atoms with Crippen LogP contribution in [0.3, 0.4) is 0 Å². The Morgan fingerprint density at radius 3 is 2.29 bits per heavy atom. The van der Waals surface area contributed by atoms with Crippen molar-refractivity contribution in [1.29, 1.82) is 0 Å². The number of urea groups is 1. The zero-order valence-corrected chi connectivity index (χ0v) is 8.67. The van der Waals surface area contributed by atoms with Crippen molar-refractivity contribution >= 4 is 12.0 Å². The number of carboxylic acids is 1. The van der Waals surface area contributed by atoms with Gasteiger partial charge in [0.05, 0.1) is 0 Å². The van der Waals surface area contributed by atoms with E-state index in [1.165, 1.54) is 0 Å². The van der Waals surface area contributed by atoms with Gasteiger partial charge in [-0.2, -0.15) is 0 Å². The van der Waals surface area contributed by atoms with E-state index in [-0.39, 0.29) is 0 Å². The lowest BCUT2D eigenvalue weighted by atomic mass is 9.90. The van der Waals surface area contributed by atoms with Gasteiger partial charge < -0.3 is 16.2 Å². The Hall–Kier alpha value is -1.26. The van der Waals surface area contributed by atoms with Gasteiger partial charge >= 0.3 is 12.0 Å². The molecule has 0 fully saturated rings. The van der Waals surface area contributed by atoms with Crippen molar-refractivity contribution in [2.24, 2.45) is 5.73 Å². The van der Waals surface area contributed by atoms with E-state index < -0.39 is 17.5 Å². The smallest absolute Gasteiger partial charge is 0.329 e. The molecule has 0 bridgehead atoms. The molecule has 4 N–H and O–H groups in total. The van der Waals surface area contributed by atoms with Crippen LogP contribution in [-0.2, 0) is 4.79 Å². The van der Waals surface area contributed by atoms with Crippen molar-refractivity contribution in [2.75, 3.05) is 0 Å². The van der Waals surface area contributed by atoms with Crippen LogP contribution in [0.5, 0.6) is 0 Å². The maximum Gasteiger partial charge on any atom is 0.329 e. The maximum atomic E-state index is 11.0. The number of carboxylic acid groups (broad SMARTS) is 1. The van der Waals surface area contributed by atoms with E-state index in [4.69, 9.17) is 10.8 Å². The molecule has 0 saturated heterocycles. The lowest BCUT2D eigenvalue weighted by Gasteiger charge is -2.28. The summed E-state index contributed by atoms with van der Waals surface area (Å²) in [7, 11) is 0. The minimum Gasteiger partial charge on any atom is -0.480 e. The second-order valence-corrected chi connectivity index (χ2v) is 3.33. The Balaban J connectivity index is 4.60. The molecule has 14 heavy (non-hydrogen) atoms. The number of primary amides is 1. The standard InChI is InChI=1S/C9H18N2O3/c1-3-5-6-9(4-2,7(12)13)11-8(10)14/h3-6H2,1-2H3,(H,12,13)(H3,10,11,14). The number of rotatable bonds is 6. The van der Waals surface area contributed by atoms with Gasteiger partial charge in [0.15, 0.2) is 0 Å². The van der Waals surface area contributed by atoms with Gasteiger partial charge in [-0.15, -0.1) is 0 Å². The van der Waals surface area contributed by atoms with Crippen molar-refractivity contribution in [2.45, 2.75) is 45.1 Å². The van der Waals surface area contributed by atoms with E-state index in [0.29, 0.717) is 12.8 Å². The van der Waals surface area contributed by atoms with E-state index in [1.807, 2.05) is 6.92 Å². The van der Waals surface area contributed by atoms with Crippen molar-refractivity contribution in [3.8, 4) is 0 Å². The summed E-state index contributed by atoms with van der Waals surface area (Å²) in [5.41, 5.74) is 3.76. The summed E-state index contributed by atoms with van der Waals surface area (Å²) in [6.07, 6.45) is 2.39. The van der Waals surface area contributed by atoms with Crippen molar-refractivity contribution in [3.63, 3.8) is 0 Å². The molecule has 0 radical (unpaired) electrons. The number of hydrogen-bond acceptors (Lipinski definition) is 2. The van der Waals surface area contributed by atoms with Crippen molar-refractivity contribution in [3.05, 3.63) is 0 Å². The highest BCUT2D eigenvalue weighted by atomic mass is 16.4. The SMILES string of the molecule is CCCCC(CC)(NC(N)=O)C(=O)O. The summed E-state index contributed by atoms with van der Waals surface area (Å²) in [4.78, 5) is 21.7. The fourth-order valence-corrected chi connectivity index (χ4v) is 1.35. The minimum atomic E-state index is -1.19. The number of amides is 2. The van der Waals surface area contributed by atoms with Crippen molar-refractivity contribution < 1.29 is 14.7 Å². The predicted molar refractivity (Wildman–Crippen MR) is 52.9 cm³/mol. The topological polar surface area (TPSA) is 92.4 Å². The van der Waals surface area contributed by atoms with Gasteiger partial charge in [0.2, 0.25) is 0 Å². The lowest BCUT2D eigenvalue weighted by Crippen LogP contribution is -2.55. The molecule has 0 spiro atoms. The second kappa shape index (κ2) is 5.47. The Labute approximate surface area is 83.7 Å². The molecule has 0 aliphatic heterocycles. The number of nitrogens with one attached hydrogen (secondary N) is 1. The third-order valence-electron chi connectivity index (χ3n) is 2.33. The van der Waals surface area contributed by atoms with Crippen LogP contribution in [0, 0.1) is 0 Å². The van der Waals surface area contributed by atoms with Crippen LogP contribution in [0.2, 0.25) is 0 Å². The molecule has 0 aromatic heterocycles. The number of carbonyl (C=O) groups is 2. The van der Waals surface area contributed by atoms with E-state index >= 15 is 0 Å². The molecule has 0 aliphatic carbocycles. The first-order valence-corrected chi connectivity index (χ1v) is 4.79. The van der Waals surface area contributed by atoms with Gasteiger partial charge in [-0.3, -0.25) is 0 Å². The highest BCUT2D eigenvalue weighted by Gasteiger charge is 2.36. The first-order chi connectivity index (χ1) is 6.48. The van der Waals surface area contributed by atoms with Gasteiger partial charge in [-0.05, 0) is 12.8 Å². The van der Waals surface area contributed by atoms with Crippen LogP contribution in [0.15, 0.2) is 0 Å².